The fourth-order valence-electron chi connectivity index (χ4n) is 5.49. The van der Waals surface area contributed by atoms with E-state index in [1.165, 1.54) is 5.56 Å². The number of para-hydroxylation sites is 1. The molecular formula is C28H32N4O2. The summed E-state index contributed by atoms with van der Waals surface area (Å²) >= 11 is 0. The second-order valence-corrected chi connectivity index (χ2v) is 9.32. The number of aromatic hydroxyl groups is 2. The molecule has 2 heterocycles. The molecule has 2 aliphatic rings. The molecule has 1 aliphatic heterocycles. The molecule has 6 nitrogen and oxygen atoms in total. The largest absolute Gasteiger partial charge is 0.508 e. The minimum absolute atomic E-state index is 0.229. The van der Waals surface area contributed by atoms with Gasteiger partial charge in [-0.2, -0.15) is 0 Å². The number of benzene rings is 2. The van der Waals surface area contributed by atoms with Gasteiger partial charge in [-0.1, -0.05) is 30.2 Å². The molecule has 34 heavy (non-hydrogen) atoms. The summed E-state index contributed by atoms with van der Waals surface area (Å²) in [6.45, 7) is 6.49. The van der Waals surface area contributed by atoms with Crippen LogP contribution in [-0.2, 0) is 12.8 Å². The number of fused-ring (bicyclic) bond motifs is 2. The van der Waals surface area contributed by atoms with Gasteiger partial charge < -0.3 is 15.1 Å². The topological polar surface area (TPSA) is 63.1 Å². The van der Waals surface area contributed by atoms with E-state index in [0.29, 0.717) is 23.9 Å². The van der Waals surface area contributed by atoms with E-state index < -0.39 is 0 Å². The summed E-state index contributed by atoms with van der Waals surface area (Å²) in [5.74, 6) is 3.52. The summed E-state index contributed by atoms with van der Waals surface area (Å²) in [5.41, 5.74) is 4.16. The molecule has 0 radical (unpaired) electrons. The van der Waals surface area contributed by atoms with Crippen molar-refractivity contribution in [3.05, 3.63) is 59.8 Å². The maximum absolute atomic E-state index is 10.2. The van der Waals surface area contributed by atoms with Crippen LogP contribution in [0.4, 0.5) is 5.69 Å². The Labute approximate surface area is 201 Å². The highest BCUT2D eigenvalue weighted by Crippen LogP contribution is 2.32. The first-order chi connectivity index (χ1) is 16.6. The molecular weight excluding hydrogens is 424 g/mol. The minimum atomic E-state index is 0.229. The van der Waals surface area contributed by atoms with Crippen molar-refractivity contribution in [3.63, 3.8) is 0 Å². The van der Waals surface area contributed by atoms with E-state index in [1.807, 2.05) is 24.3 Å². The standard InChI is InChI=1S/C28H32N4O2/c1-2-13-31(22-9-10-23-21(20-22)5-3-7-26(23)33)17-14-30-15-18-32(19-16-30)25-11-12-29-28-24(25)6-4-8-27(28)34/h1,3-8,11-12,22,33-34H,9-10,13-20H2. The van der Waals surface area contributed by atoms with Crippen LogP contribution in [0.2, 0.25) is 0 Å². The van der Waals surface area contributed by atoms with E-state index in [4.69, 9.17) is 6.42 Å². The van der Waals surface area contributed by atoms with Crippen molar-refractivity contribution in [3.8, 4) is 23.8 Å². The Hall–Kier alpha value is -3.27. The van der Waals surface area contributed by atoms with Crippen LogP contribution >= 0.6 is 0 Å². The molecule has 5 rings (SSSR count). The Bertz CT molecular complexity index is 1200. The van der Waals surface area contributed by atoms with Gasteiger partial charge in [-0.05, 0) is 48.6 Å². The quantitative estimate of drug-likeness (QED) is 0.555. The molecule has 2 N–H and O–H groups in total. The Morgan fingerprint density at radius 1 is 1.03 bits per heavy atom. The van der Waals surface area contributed by atoms with E-state index in [1.54, 1.807) is 18.3 Å². The normalized spacial score (nSPS) is 18.7. The highest BCUT2D eigenvalue weighted by Gasteiger charge is 2.26. The van der Waals surface area contributed by atoms with Crippen molar-refractivity contribution in [2.75, 3.05) is 50.7 Å². The zero-order valence-electron chi connectivity index (χ0n) is 19.5. The number of phenolic OH excluding ortho intramolecular Hbond substituents is 2. The zero-order chi connectivity index (χ0) is 23.5. The monoisotopic (exact) mass is 456 g/mol. The van der Waals surface area contributed by atoms with E-state index in [2.05, 4.69) is 31.7 Å². The number of piperazine rings is 1. The van der Waals surface area contributed by atoms with Crippen LogP contribution in [-0.4, -0.2) is 76.9 Å². The predicted molar refractivity (Wildman–Crippen MR) is 136 cm³/mol. The average molecular weight is 457 g/mol. The third-order valence-corrected chi connectivity index (χ3v) is 7.39. The van der Waals surface area contributed by atoms with E-state index in [-0.39, 0.29) is 5.75 Å². The summed E-state index contributed by atoms with van der Waals surface area (Å²) in [6.07, 6.45) is 10.4. The molecule has 176 valence electrons. The molecule has 0 saturated carbocycles. The number of pyridine rings is 1. The maximum atomic E-state index is 10.2. The lowest BCUT2D eigenvalue weighted by Gasteiger charge is -2.39. The lowest BCUT2D eigenvalue weighted by molar-refractivity contribution is 0.160. The SMILES string of the molecule is C#CCN(CCN1CCN(c2ccnc3c(O)cccc23)CC1)C1CCc2c(O)cccc2C1. The average Bonchev–Trinajstić information content (AvgIpc) is 2.87. The lowest BCUT2D eigenvalue weighted by Crippen LogP contribution is -2.50. The summed E-state index contributed by atoms with van der Waals surface area (Å²) < 4.78 is 0. The van der Waals surface area contributed by atoms with Crippen LogP contribution in [0.25, 0.3) is 10.9 Å². The van der Waals surface area contributed by atoms with Gasteiger partial charge in [0.05, 0.1) is 6.54 Å². The Morgan fingerprint density at radius 3 is 2.65 bits per heavy atom. The highest BCUT2D eigenvalue weighted by atomic mass is 16.3. The van der Waals surface area contributed by atoms with Gasteiger partial charge in [0.1, 0.15) is 17.0 Å². The number of terminal acetylenes is 1. The van der Waals surface area contributed by atoms with Gasteiger partial charge in [0.15, 0.2) is 0 Å². The zero-order valence-corrected chi connectivity index (χ0v) is 19.5. The Morgan fingerprint density at radius 2 is 1.82 bits per heavy atom. The number of nitrogens with zero attached hydrogens (tertiary/aromatic N) is 4. The summed E-state index contributed by atoms with van der Waals surface area (Å²) in [5, 5.41) is 21.3. The van der Waals surface area contributed by atoms with E-state index in [9.17, 15) is 10.2 Å². The second kappa shape index (κ2) is 9.92. The molecule has 1 aromatic heterocycles. The van der Waals surface area contributed by atoms with Gasteiger partial charge in [0, 0.05) is 62.6 Å². The van der Waals surface area contributed by atoms with Gasteiger partial charge in [-0.15, -0.1) is 6.42 Å². The first-order valence-electron chi connectivity index (χ1n) is 12.2. The van der Waals surface area contributed by atoms with Gasteiger partial charge in [-0.3, -0.25) is 14.8 Å². The molecule has 2 aromatic carbocycles. The molecule has 3 aromatic rings. The van der Waals surface area contributed by atoms with Gasteiger partial charge in [0.25, 0.3) is 0 Å². The van der Waals surface area contributed by atoms with Crippen molar-refractivity contribution >= 4 is 16.6 Å². The van der Waals surface area contributed by atoms with Crippen LogP contribution in [0.5, 0.6) is 11.5 Å². The van der Waals surface area contributed by atoms with Crippen molar-refractivity contribution in [2.24, 2.45) is 0 Å². The summed E-state index contributed by atoms with van der Waals surface area (Å²) in [4.78, 5) is 11.7. The lowest BCUT2D eigenvalue weighted by atomic mass is 9.87. The van der Waals surface area contributed by atoms with Gasteiger partial charge >= 0.3 is 0 Å². The number of phenols is 2. The molecule has 0 amide bonds. The fourth-order valence-corrected chi connectivity index (χ4v) is 5.49. The van der Waals surface area contributed by atoms with Crippen molar-refractivity contribution in [1.29, 1.82) is 0 Å². The molecule has 6 heteroatoms. The van der Waals surface area contributed by atoms with Crippen molar-refractivity contribution in [2.45, 2.75) is 25.3 Å². The number of anilines is 1. The Kier molecular flexibility index (Phi) is 6.57. The van der Waals surface area contributed by atoms with E-state index in [0.717, 1.165) is 75.2 Å². The van der Waals surface area contributed by atoms with Crippen LogP contribution in [0.3, 0.4) is 0 Å². The van der Waals surface area contributed by atoms with E-state index >= 15 is 0 Å². The third-order valence-electron chi connectivity index (χ3n) is 7.39. The van der Waals surface area contributed by atoms with Crippen LogP contribution in [0, 0.1) is 12.3 Å². The van der Waals surface area contributed by atoms with Gasteiger partial charge in [0.2, 0.25) is 0 Å². The van der Waals surface area contributed by atoms with Gasteiger partial charge in [-0.25, -0.2) is 0 Å². The molecule has 1 unspecified atom stereocenters. The van der Waals surface area contributed by atoms with Crippen LogP contribution < -0.4 is 4.90 Å². The summed E-state index contributed by atoms with van der Waals surface area (Å²) in [6, 6.07) is 13.9. The molecule has 1 atom stereocenters. The Balaban J connectivity index is 1.19. The number of hydrogen-bond donors (Lipinski definition) is 2. The molecule has 1 fully saturated rings. The fraction of sp³-hybridized carbons (Fsp3) is 0.393. The minimum Gasteiger partial charge on any atom is -0.508 e. The highest BCUT2D eigenvalue weighted by molar-refractivity contribution is 5.94. The second-order valence-electron chi connectivity index (χ2n) is 9.32. The van der Waals surface area contributed by atoms with Crippen LogP contribution in [0.1, 0.15) is 17.5 Å². The molecule has 1 aliphatic carbocycles. The number of aromatic nitrogens is 1. The van der Waals surface area contributed by atoms with Crippen molar-refractivity contribution in [1.82, 2.24) is 14.8 Å². The molecule has 0 bridgehead atoms. The van der Waals surface area contributed by atoms with Crippen molar-refractivity contribution < 1.29 is 10.2 Å². The summed E-state index contributed by atoms with van der Waals surface area (Å²) in [7, 11) is 0. The smallest absolute Gasteiger partial charge is 0.141 e. The first kappa shape index (κ1) is 22.5. The predicted octanol–water partition coefficient (Wildman–Crippen LogP) is 3.26. The van der Waals surface area contributed by atoms with Crippen LogP contribution in [0.15, 0.2) is 48.7 Å². The first-order valence-corrected chi connectivity index (χ1v) is 12.2. The maximum Gasteiger partial charge on any atom is 0.141 e. The number of rotatable bonds is 6. The number of hydrogen-bond acceptors (Lipinski definition) is 6. The third kappa shape index (κ3) is 4.54. The molecule has 1 saturated heterocycles. The molecule has 0 spiro atoms.